The Bertz CT molecular complexity index is 335. The predicted octanol–water partition coefficient (Wildman–Crippen LogP) is 2.06. The van der Waals surface area contributed by atoms with Gasteiger partial charge >= 0.3 is 0 Å². The highest BCUT2D eigenvalue weighted by atomic mass is 15.2. The van der Waals surface area contributed by atoms with Gasteiger partial charge in [0.05, 0.1) is 0 Å². The van der Waals surface area contributed by atoms with Crippen molar-refractivity contribution in [3.05, 3.63) is 30.3 Å². The third kappa shape index (κ3) is 6.13. The van der Waals surface area contributed by atoms with Crippen LogP contribution in [0.4, 0.5) is 5.69 Å². The number of nitrogens with zero attached hydrogens (tertiary/aromatic N) is 1. The van der Waals surface area contributed by atoms with Gasteiger partial charge in [-0.25, -0.2) is 0 Å². The Morgan fingerprint density at radius 3 is 2.44 bits per heavy atom. The Morgan fingerprint density at radius 1 is 1.06 bits per heavy atom. The summed E-state index contributed by atoms with van der Waals surface area (Å²) in [5.41, 5.74) is 1.17. The van der Waals surface area contributed by atoms with Crippen LogP contribution in [-0.2, 0) is 0 Å². The van der Waals surface area contributed by atoms with Crippen molar-refractivity contribution in [2.45, 2.75) is 19.8 Å². The maximum absolute atomic E-state index is 4.16. The summed E-state index contributed by atoms with van der Waals surface area (Å²) < 4.78 is 0. The van der Waals surface area contributed by atoms with Crippen LogP contribution in [0, 0.1) is 0 Å². The molecular weight excluding hydrogens is 224 g/mol. The average Bonchev–Trinajstić information content (AvgIpc) is 2.43. The molecule has 3 N–H and O–H groups in total. The summed E-state index contributed by atoms with van der Waals surface area (Å²) in [5, 5.41) is 9.91. The molecule has 0 aliphatic heterocycles. The van der Waals surface area contributed by atoms with E-state index in [-0.39, 0.29) is 0 Å². The number of benzene rings is 1. The van der Waals surface area contributed by atoms with E-state index in [4.69, 9.17) is 0 Å². The minimum absolute atomic E-state index is 0.886. The second-order valence-corrected chi connectivity index (χ2v) is 4.07. The van der Waals surface area contributed by atoms with Crippen LogP contribution in [0.3, 0.4) is 0 Å². The van der Waals surface area contributed by atoms with Crippen LogP contribution in [-0.4, -0.2) is 32.6 Å². The molecule has 0 unspecified atom stereocenters. The van der Waals surface area contributed by atoms with Crippen molar-refractivity contribution in [2.75, 3.05) is 32.0 Å². The first kappa shape index (κ1) is 14.4. The smallest absolute Gasteiger partial charge is 0.190 e. The molecule has 18 heavy (non-hydrogen) atoms. The molecule has 4 nitrogen and oxygen atoms in total. The molecule has 0 amide bonds. The maximum Gasteiger partial charge on any atom is 0.190 e. The summed E-state index contributed by atoms with van der Waals surface area (Å²) in [7, 11) is 1.80. The van der Waals surface area contributed by atoms with Crippen molar-refractivity contribution in [1.29, 1.82) is 0 Å². The minimum Gasteiger partial charge on any atom is -0.385 e. The van der Waals surface area contributed by atoms with Gasteiger partial charge < -0.3 is 16.0 Å². The number of hydrogen-bond donors (Lipinski definition) is 3. The maximum atomic E-state index is 4.16. The fraction of sp³-hybridized carbons (Fsp3) is 0.500. The van der Waals surface area contributed by atoms with E-state index >= 15 is 0 Å². The van der Waals surface area contributed by atoms with E-state index in [1.807, 2.05) is 18.2 Å². The van der Waals surface area contributed by atoms with E-state index in [9.17, 15) is 0 Å². The lowest BCUT2D eigenvalue weighted by Gasteiger charge is -2.11. The molecule has 4 heteroatoms. The van der Waals surface area contributed by atoms with E-state index in [1.54, 1.807) is 7.05 Å². The first-order chi connectivity index (χ1) is 8.86. The number of nitrogens with one attached hydrogen (secondary N) is 3. The van der Waals surface area contributed by atoms with Crippen molar-refractivity contribution in [2.24, 2.45) is 4.99 Å². The van der Waals surface area contributed by atoms with Gasteiger partial charge in [-0.15, -0.1) is 0 Å². The molecule has 1 rings (SSSR count). The van der Waals surface area contributed by atoms with Crippen LogP contribution in [0.1, 0.15) is 19.8 Å². The molecule has 1 aromatic carbocycles. The molecule has 0 heterocycles. The van der Waals surface area contributed by atoms with Crippen molar-refractivity contribution >= 4 is 11.6 Å². The summed E-state index contributed by atoms with van der Waals surface area (Å²) >= 11 is 0. The van der Waals surface area contributed by atoms with Crippen LogP contribution in [0.2, 0.25) is 0 Å². The number of hydrogen-bond acceptors (Lipinski definition) is 2. The molecule has 0 bridgehead atoms. The van der Waals surface area contributed by atoms with E-state index in [0.717, 1.165) is 38.4 Å². The standard InChI is InChI=1S/C14H24N4/c1-3-10-17-14(15-2)18-12-7-11-16-13-8-5-4-6-9-13/h4-6,8-9,16H,3,7,10-12H2,1-2H3,(H2,15,17,18). The zero-order valence-corrected chi connectivity index (χ0v) is 11.4. The first-order valence-electron chi connectivity index (χ1n) is 6.60. The number of anilines is 1. The lowest BCUT2D eigenvalue weighted by atomic mass is 10.3. The van der Waals surface area contributed by atoms with Gasteiger partial charge in [-0.2, -0.15) is 0 Å². The Hall–Kier alpha value is -1.71. The molecule has 0 aromatic heterocycles. The molecule has 100 valence electrons. The van der Waals surface area contributed by atoms with Crippen LogP contribution >= 0.6 is 0 Å². The first-order valence-corrected chi connectivity index (χ1v) is 6.60. The molecule has 0 aliphatic rings. The minimum atomic E-state index is 0.886. The molecule has 0 spiro atoms. The van der Waals surface area contributed by atoms with E-state index in [2.05, 4.69) is 40.0 Å². The zero-order valence-electron chi connectivity index (χ0n) is 11.4. The average molecular weight is 248 g/mol. The largest absolute Gasteiger partial charge is 0.385 e. The van der Waals surface area contributed by atoms with Crippen LogP contribution in [0.5, 0.6) is 0 Å². The summed E-state index contributed by atoms with van der Waals surface area (Å²) in [4.78, 5) is 4.16. The lowest BCUT2D eigenvalue weighted by Crippen LogP contribution is -2.38. The third-order valence-electron chi connectivity index (χ3n) is 2.51. The molecule has 0 aliphatic carbocycles. The normalized spacial score (nSPS) is 11.1. The summed E-state index contributed by atoms with van der Waals surface area (Å²) in [6.45, 7) is 4.98. The second-order valence-electron chi connectivity index (χ2n) is 4.07. The fourth-order valence-corrected chi connectivity index (χ4v) is 1.55. The van der Waals surface area contributed by atoms with Gasteiger partial charge in [-0.1, -0.05) is 25.1 Å². The van der Waals surface area contributed by atoms with E-state index in [1.165, 1.54) is 5.69 Å². The second kappa shape index (κ2) is 9.33. The molecule has 1 aromatic rings. The SMILES string of the molecule is CCCNC(=NC)NCCCNc1ccccc1. The molecular formula is C14H24N4. The molecule has 0 atom stereocenters. The molecule has 0 fully saturated rings. The van der Waals surface area contributed by atoms with Crippen LogP contribution < -0.4 is 16.0 Å². The van der Waals surface area contributed by atoms with Gasteiger partial charge in [-0.3, -0.25) is 4.99 Å². The number of guanidine groups is 1. The monoisotopic (exact) mass is 248 g/mol. The summed E-state index contributed by atoms with van der Waals surface area (Å²) in [6.07, 6.45) is 2.16. The number of aliphatic imine (C=N–C) groups is 1. The van der Waals surface area contributed by atoms with Gasteiger partial charge in [0.15, 0.2) is 5.96 Å². The topological polar surface area (TPSA) is 48.5 Å². The van der Waals surface area contributed by atoms with E-state index < -0.39 is 0 Å². The van der Waals surface area contributed by atoms with Gasteiger partial charge in [0.2, 0.25) is 0 Å². The van der Waals surface area contributed by atoms with E-state index in [0.29, 0.717) is 0 Å². The molecule has 0 radical (unpaired) electrons. The quantitative estimate of drug-likeness (QED) is 0.393. The highest BCUT2D eigenvalue weighted by Crippen LogP contribution is 2.03. The highest BCUT2D eigenvalue weighted by molar-refractivity contribution is 5.79. The van der Waals surface area contributed by atoms with Crippen LogP contribution in [0.25, 0.3) is 0 Å². The van der Waals surface area contributed by atoms with Crippen molar-refractivity contribution in [3.8, 4) is 0 Å². The van der Waals surface area contributed by atoms with Gasteiger partial charge in [0.1, 0.15) is 0 Å². The van der Waals surface area contributed by atoms with Gasteiger partial charge in [0, 0.05) is 32.4 Å². The van der Waals surface area contributed by atoms with Crippen molar-refractivity contribution < 1.29 is 0 Å². The Morgan fingerprint density at radius 2 is 1.78 bits per heavy atom. The Kier molecular flexibility index (Phi) is 7.44. The van der Waals surface area contributed by atoms with Gasteiger partial charge in [-0.05, 0) is 25.0 Å². The molecule has 0 saturated carbocycles. The lowest BCUT2D eigenvalue weighted by molar-refractivity contribution is 0.751. The van der Waals surface area contributed by atoms with Crippen molar-refractivity contribution in [3.63, 3.8) is 0 Å². The Balaban J connectivity index is 2.07. The Labute approximate surface area is 110 Å². The molecule has 0 saturated heterocycles. The fourth-order valence-electron chi connectivity index (χ4n) is 1.55. The predicted molar refractivity (Wildman–Crippen MR) is 79.2 cm³/mol. The zero-order chi connectivity index (χ0) is 13.1. The van der Waals surface area contributed by atoms with Crippen molar-refractivity contribution in [1.82, 2.24) is 10.6 Å². The summed E-state index contributed by atoms with van der Waals surface area (Å²) in [6, 6.07) is 10.3. The summed E-state index contributed by atoms with van der Waals surface area (Å²) in [5.74, 6) is 0.886. The van der Waals surface area contributed by atoms with Gasteiger partial charge in [0.25, 0.3) is 0 Å². The highest BCUT2D eigenvalue weighted by Gasteiger charge is 1.95. The third-order valence-corrected chi connectivity index (χ3v) is 2.51. The number of para-hydroxylation sites is 1. The number of rotatable bonds is 7. The van der Waals surface area contributed by atoms with Crippen LogP contribution in [0.15, 0.2) is 35.3 Å².